The van der Waals surface area contributed by atoms with Gasteiger partial charge < -0.3 is 14.8 Å². The van der Waals surface area contributed by atoms with Gasteiger partial charge in [-0.15, -0.1) is 0 Å². The van der Waals surface area contributed by atoms with E-state index in [2.05, 4.69) is 20.2 Å². The highest BCUT2D eigenvalue weighted by Gasteiger charge is 2.35. The molecule has 6 nitrogen and oxygen atoms in total. The topological polar surface area (TPSA) is 69.8 Å². The first-order valence-electron chi connectivity index (χ1n) is 9.66. The molecule has 0 radical (unpaired) electrons. The molecule has 0 amide bonds. The van der Waals surface area contributed by atoms with Crippen molar-refractivity contribution in [3.63, 3.8) is 0 Å². The Bertz CT molecular complexity index is 1120. The number of anilines is 1. The van der Waals surface area contributed by atoms with Crippen LogP contribution >= 0.6 is 0 Å². The highest BCUT2D eigenvalue weighted by Crippen LogP contribution is 2.39. The van der Waals surface area contributed by atoms with E-state index >= 15 is 0 Å². The fraction of sp³-hybridized carbons (Fsp3) is 0.381. The summed E-state index contributed by atoms with van der Waals surface area (Å²) in [7, 11) is 3.77. The normalized spacial score (nSPS) is 16.0. The van der Waals surface area contributed by atoms with Crippen molar-refractivity contribution in [2.24, 2.45) is 7.05 Å². The van der Waals surface area contributed by atoms with Gasteiger partial charge in [-0.2, -0.15) is 18.4 Å². The zero-order chi connectivity index (χ0) is 21.5. The Morgan fingerprint density at radius 2 is 1.87 bits per heavy atom. The van der Waals surface area contributed by atoms with Gasteiger partial charge in [0.2, 0.25) is 5.82 Å². The van der Waals surface area contributed by atoms with Gasteiger partial charge in [0.1, 0.15) is 11.7 Å². The molecule has 1 aromatic carbocycles. The number of hydrogen-bond acceptors (Lipinski definition) is 5. The van der Waals surface area contributed by atoms with Gasteiger partial charge in [-0.25, -0.2) is 9.97 Å². The van der Waals surface area contributed by atoms with Gasteiger partial charge in [0.15, 0.2) is 0 Å². The number of aromatic nitrogens is 3. The molecular weight excluding hydrogens is 393 g/mol. The minimum absolute atomic E-state index is 0.00165. The van der Waals surface area contributed by atoms with Gasteiger partial charge in [0, 0.05) is 35.9 Å². The Morgan fingerprint density at radius 1 is 1.13 bits per heavy atom. The third-order valence-electron chi connectivity index (χ3n) is 5.50. The minimum Gasteiger partial charge on any atom is -0.382 e. The summed E-state index contributed by atoms with van der Waals surface area (Å²) in [4.78, 5) is 10.5. The van der Waals surface area contributed by atoms with Crippen molar-refractivity contribution in [2.45, 2.75) is 25.1 Å². The monoisotopic (exact) mass is 414 g/mol. The smallest absolute Gasteiger partial charge is 0.382 e. The second-order valence-electron chi connectivity index (χ2n) is 7.65. The Morgan fingerprint density at radius 3 is 2.53 bits per heavy atom. The molecule has 3 heterocycles. The summed E-state index contributed by atoms with van der Waals surface area (Å²) >= 11 is 0. The summed E-state index contributed by atoms with van der Waals surface area (Å²) < 4.78 is 43.4. The van der Waals surface area contributed by atoms with E-state index in [1.165, 1.54) is 6.07 Å². The number of benzene rings is 1. The summed E-state index contributed by atoms with van der Waals surface area (Å²) in [6.45, 7) is 1.70. The number of likely N-dealkylation sites (tertiary alicyclic amines) is 1. The van der Waals surface area contributed by atoms with Crippen LogP contribution in [0.5, 0.6) is 0 Å². The lowest BCUT2D eigenvalue weighted by Crippen LogP contribution is -2.37. The third kappa shape index (κ3) is 3.83. The largest absolute Gasteiger partial charge is 0.418 e. The molecule has 1 aliphatic rings. The van der Waals surface area contributed by atoms with Gasteiger partial charge in [0.05, 0.1) is 11.3 Å². The Hall–Kier alpha value is -3.12. The van der Waals surface area contributed by atoms with Gasteiger partial charge >= 0.3 is 6.18 Å². The molecule has 9 heteroatoms. The number of hydrogen-bond donors (Lipinski definition) is 1. The number of nitrogens with one attached hydrogen (secondary N) is 1. The van der Waals surface area contributed by atoms with Crippen LogP contribution in [0.15, 0.2) is 30.5 Å². The molecule has 1 N–H and O–H groups in total. The SMILES string of the molecule is CN1CCC(Nc2ccc(-c3nc(C#N)nc4c3ccn4C)cc2C(F)(F)F)CC1. The van der Waals surface area contributed by atoms with E-state index in [0.717, 1.165) is 32.0 Å². The van der Waals surface area contributed by atoms with Crippen LogP contribution in [0.3, 0.4) is 0 Å². The standard InChI is InChI=1S/C21H21F3N6/c1-29-8-5-14(6-9-29)26-17-4-3-13(11-16(17)21(22,23)24)19-15-7-10-30(2)20(15)28-18(12-25)27-19/h3-4,7,10-11,14,26H,5-6,8-9H2,1-2H3. The maximum atomic E-state index is 13.9. The van der Waals surface area contributed by atoms with E-state index in [4.69, 9.17) is 0 Å². The zero-order valence-electron chi connectivity index (χ0n) is 16.7. The van der Waals surface area contributed by atoms with Crippen molar-refractivity contribution in [1.82, 2.24) is 19.4 Å². The molecule has 0 saturated carbocycles. The molecule has 0 bridgehead atoms. The van der Waals surface area contributed by atoms with Crippen molar-refractivity contribution < 1.29 is 13.2 Å². The minimum atomic E-state index is -4.52. The molecular formula is C21H21F3N6. The highest BCUT2D eigenvalue weighted by molar-refractivity contribution is 5.91. The molecule has 2 aromatic heterocycles. The maximum absolute atomic E-state index is 13.9. The van der Waals surface area contributed by atoms with Gasteiger partial charge in [-0.3, -0.25) is 0 Å². The molecule has 0 unspecified atom stereocenters. The number of aryl methyl sites for hydroxylation is 1. The van der Waals surface area contributed by atoms with Gasteiger partial charge in [0.25, 0.3) is 0 Å². The predicted molar refractivity (Wildman–Crippen MR) is 108 cm³/mol. The predicted octanol–water partition coefficient (Wildman–Crippen LogP) is 4.03. The van der Waals surface area contributed by atoms with Crippen LogP contribution in [0.2, 0.25) is 0 Å². The average molecular weight is 414 g/mol. The molecule has 0 spiro atoms. The van der Waals surface area contributed by atoms with E-state index < -0.39 is 11.7 Å². The van der Waals surface area contributed by atoms with Crippen LogP contribution in [0.1, 0.15) is 24.2 Å². The number of halogens is 3. The van der Waals surface area contributed by atoms with Crippen LogP contribution in [-0.2, 0) is 13.2 Å². The van der Waals surface area contributed by atoms with E-state index in [-0.39, 0.29) is 17.6 Å². The third-order valence-corrected chi connectivity index (χ3v) is 5.50. The van der Waals surface area contributed by atoms with Crippen LogP contribution in [0.4, 0.5) is 18.9 Å². The molecule has 1 aliphatic heterocycles. The average Bonchev–Trinajstić information content (AvgIpc) is 3.09. The molecule has 3 aromatic rings. The summed E-state index contributed by atoms with van der Waals surface area (Å²) in [5.74, 6) is -0.0821. The molecule has 1 fully saturated rings. The highest BCUT2D eigenvalue weighted by atomic mass is 19.4. The lowest BCUT2D eigenvalue weighted by molar-refractivity contribution is -0.136. The summed E-state index contributed by atoms with van der Waals surface area (Å²) in [6.07, 6.45) is -1.20. The van der Waals surface area contributed by atoms with Gasteiger partial charge in [-0.05, 0) is 51.2 Å². The summed E-state index contributed by atoms with van der Waals surface area (Å²) in [5, 5.41) is 12.9. The first-order valence-corrected chi connectivity index (χ1v) is 9.66. The Kier molecular flexibility index (Phi) is 5.12. The van der Waals surface area contributed by atoms with E-state index in [0.29, 0.717) is 22.3 Å². The Balaban J connectivity index is 1.78. The fourth-order valence-corrected chi connectivity index (χ4v) is 3.83. The zero-order valence-corrected chi connectivity index (χ0v) is 16.7. The second kappa shape index (κ2) is 7.61. The summed E-state index contributed by atoms with van der Waals surface area (Å²) in [5.41, 5.74) is 0.443. The first kappa shape index (κ1) is 20.2. The number of fused-ring (bicyclic) bond motifs is 1. The molecule has 0 aliphatic carbocycles. The lowest BCUT2D eigenvalue weighted by Gasteiger charge is -2.31. The lowest BCUT2D eigenvalue weighted by atomic mass is 10.0. The Labute approximate surface area is 172 Å². The van der Waals surface area contributed by atoms with E-state index in [9.17, 15) is 18.4 Å². The van der Waals surface area contributed by atoms with Crippen LogP contribution in [0.25, 0.3) is 22.3 Å². The second-order valence-corrected chi connectivity index (χ2v) is 7.65. The van der Waals surface area contributed by atoms with E-state index in [1.54, 1.807) is 29.9 Å². The van der Waals surface area contributed by atoms with Crippen LogP contribution < -0.4 is 5.32 Å². The number of rotatable bonds is 3. The summed E-state index contributed by atoms with van der Waals surface area (Å²) in [6, 6.07) is 7.80. The first-order chi connectivity index (χ1) is 14.3. The number of alkyl halides is 3. The number of nitrogens with zero attached hydrogens (tertiary/aromatic N) is 5. The van der Waals surface area contributed by atoms with Crippen molar-refractivity contribution in [2.75, 3.05) is 25.5 Å². The molecule has 0 atom stereocenters. The number of piperidine rings is 1. The fourth-order valence-electron chi connectivity index (χ4n) is 3.83. The molecule has 4 rings (SSSR count). The van der Waals surface area contributed by atoms with E-state index in [1.807, 2.05) is 13.1 Å². The van der Waals surface area contributed by atoms with Gasteiger partial charge in [-0.1, -0.05) is 6.07 Å². The van der Waals surface area contributed by atoms with Crippen LogP contribution in [0, 0.1) is 11.3 Å². The van der Waals surface area contributed by atoms with Crippen LogP contribution in [-0.4, -0.2) is 45.6 Å². The molecule has 30 heavy (non-hydrogen) atoms. The quantitative estimate of drug-likeness (QED) is 0.701. The van der Waals surface area contributed by atoms with Crippen molar-refractivity contribution >= 4 is 16.7 Å². The molecule has 156 valence electrons. The molecule has 1 saturated heterocycles. The number of nitriles is 1. The maximum Gasteiger partial charge on any atom is 0.418 e. The van der Waals surface area contributed by atoms with Crippen molar-refractivity contribution in [3.8, 4) is 17.3 Å². The van der Waals surface area contributed by atoms with Crippen molar-refractivity contribution in [3.05, 3.63) is 41.9 Å². The van der Waals surface area contributed by atoms with Crippen molar-refractivity contribution in [1.29, 1.82) is 5.26 Å².